The van der Waals surface area contributed by atoms with Gasteiger partial charge in [-0.2, -0.15) is 8.42 Å². The van der Waals surface area contributed by atoms with E-state index in [9.17, 15) is 13.2 Å². The molecule has 0 aromatic heterocycles. The largest absolute Gasteiger partial charge is 0.497 e. The number of aryl methyl sites for hydroxylation is 1. The number of methoxy groups -OCH3 is 1. The van der Waals surface area contributed by atoms with Crippen LogP contribution in [0, 0.1) is 0 Å². The predicted octanol–water partition coefficient (Wildman–Crippen LogP) is -0.246. The molecule has 0 aliphatic heterocycles. The number of nitrogens with zero attached hydrogens (tertiary/aromatic N) is 1. The summed E-state index contributed by atoms with van der Waals surface area (Å²) in [5.41, 5.74) is 5.49. The average molecular weight is 289 g/mol. The second kappa shape index (κ2) is 6.36. The number of carbonyl (C=O) groups excluding carboxylic acids is 1. The van der Waals surface area contributed by atoms with Gasteiger partial charge < -0.3 is 10.5 Å². The molecule has 1 aromatic rings. The first kappa shape index (κ1) is 15.2. The van der Waals surface area contributed by atoms with Crippen molar-refractivity contribution in [2.75, 3.05) is 12.9 Å². The molecule has 0 radical (unpaired) electrons. The topological polar surface area (TPSA) is 125 Å². The molecule has 0 bridgehead atoms. The van der Waals surface area contributed by atoms with Gasteiger partial charge in [0.2, 0.25) is 0 Å². The molecule has 0 atom stereocenters. The highest BCUT2D eigenvalue weighted by Crippen LogP contribution is 2.13. The van der Waals surface area contributed by atoms with Gasteiger partial charge in [-0.05, 0) is 24.1 Å². The van der Waals surface area contributed by atoms with Crippen molar-refractivity contribution in [3.05, 3.63) is 29.8 Å². The molecule has 0 saturated heterocycles. The molecule has 106 valence electrons. The monoisotopic (exact) mass is 289 g/mol. The Labute approximate surface area is 110 Å². The molecule has 1 rings (SSSR count). The summed E-state index contributed by atoms with van der Waals surface area (Å²) in [7, 11) is -2.47. The van der Waals surface area contributed by atoms with Gasteiger partial charge in [0, 0.05) is 0 Å². The number of primary amides is 1. The van der Waals surface area contributed by atoms with E-state index in [2.05, 4.69) is 4.28 Å². The first-order valence-electron chi connectivity index (χ1n) is 5.23. The van der Waals surface area contributed by atoms with Crippen LogP contribution in [-0.4, -0.2) is 32.5 Å². The minimum Gasteiger partial charge on any atom is -0.497 e. The van der Waals surface area contributed by atoms with Crippen molar-refractivity contribution in [3.8, 4) is 5.75 Å². The van der Waals surface area contributed by atoms with Crippen LogP contribution >= 0.6 is 0 Å². The maximum absolute atomic E-state index is 11.5. The van der Waals surface area contributed by atoms with Gasteiger partial charge in [0.25, 0.3) is 10.1 Å². The van der Waals surface area contributed by atoms with Crippen LogP contribution in [0.25, 0.3) is 0 Å². The maximum atomic E-state index is 11.5. The zero-order chi connectivity index (χ0) is 14.5. The lowest BCUT2D eigenvalue weighted by atomic mass is 10.2. The van der Waals surface area contributed by atoms with E-state index in [0.717, 1.165) is 5.56 Å². The van der Waals surface area contributed by atoms with Crippen LogP contribution < -0.4 is 16.3 Å². The molecule has 8 nitrogen and oxygen atoms in total. The van der Waals surface area contributed by atoms with Crippen LogP contribution in [0.3, 0.4) is 0 Å². The number of ether oxygens (including phenoxy) is 1. The zero-order valence-electron chi connectivity index (χ0n) is 10.3. The van der Waals surface area contributed by atoms with E-state index in [1.165, 1.54) is 7.11 Å². The van der Waals surface area contributed by atoms with E-state index in [-0.39, 0.29) is 17.3 Å². The van der Waals surface area contributed by atoms with Crippen LogP contribution in [0.1, 0.15) is 5.56 Å². The van der Waals surface area contributed by atoms with Crippen molar-refractivity contribution >= 4 is 16.1 Å². The van der Waals surface area contributed by atoms with E-state index in [4.69, 9.17) is 16.3 Å². The predicted molar refractivity (Wildman–Crippen MR) is 67.2 cm³/mol. The molecular weight excluding hydrogens is 274 g/mol. The van der Waals surface area contributed by atoms with E-state index in [1.807, 2.05) is 0 Å². The highest BCUT2D eigenvalue weighted by atomic mass is 32.2. The number of hydrazine groups is 1. The molecule has 0 heterocycles. The second-order valence-electron chi connectivity index (χ2n) is 3.60. The van der Waals surface area contributed by atoms with E-state index in [1.54, 1.807) is 24.3 Å². The summed E-state index contributed by atoms with van der Waals surface area (Å²) in [4.78, 5) is 10.6. The van der Waals surface area contributed by atoms with Gasteiger partial charge >= 0.3 is 6.03 Å². The zero-order valence-corrected chi connectivity index (χ0v) is 11.1. The summed E-state index contributed by atoms with van der Waals surface area (Å²) in [6, 6.07) is 5.71. The van der Waals surface area contributed by atoms with Gasteiger partial charge in [0.15, 0.2) is 0 Å². The number of hydrogen-bond acceptors (Lipinski definition) is 6. The molecule has 4 N–H and O–H groups in total. The molecule has 0 spiro atoms. The van der Waals surface area contributed by atoms with Crippen molar-refractivity contribution in [3.63, 3.8) is 0 Å². The fourth-order valence-electron chi connectivity index (χ4n) is 1.27. The van der Waals surface area contributed by atoms with Gasteiger partial charge in [0.05, 0.1) is 12.9 Å². The molecule has 0 saturated carbocycles. The first-order chi connectivity index (χ1) is 8.84. The van der Waals surface area contributed by atoms with Crippen LogP contribution in [-0.2, 0) is 20.8 Å². The third-order valence-corrected chi connectivity index (χ3v) is 3.28. The number of rotatable bonds is 6. The highest BCUT2D eigenvalue weighted by Gasteiger charge is 2.18. The van der Waals surface area contributed by atoms with Gasteiger partial charge in [-0.1, -0.05) is 12.1 Å². The number of carbonyl (C=O) groups is 1. The Morgan fingerprint density at radius 3 is 2.68 bits per heavy atom. The van der Waals surface area contributed by atoms with Crippen molar-refractivity contribution in [1.29, 1.82) is 0 Å². The molecule has 9 heteroatoms. The minimum absolute atomic E-state index is 0.0269. The Morgan fingerprint density at radius 2 is 2.11 bits per heavy atom. The lowest BCUT2D eigenvalue weighted by Gasteiger charge is -2.12. The Morgan fingerprint density at radius 1 is 1.42 bits per heavy atom. The molecule has 0 unspecified atom stereocenters. The molecule has 1 aromatic carbocycles. The van der Waals surface area contributed by atoms with Gasteiger partial charge in [-0.25, -0.2) is 10.6 Å². The third kappa shape index (κ3) is 5.12. The van der Waals surface area contributed by atoms with Crippen molar-refractivity contribution in [2.45, 2.75) is 6.42 Å². The summed E-state index contributed by atoms with van der Waals surface area (Å²) >= 11 is 0. The molecule has 2 amide bonds. The SMILES string of the molecule is COc1cccc(CCS(=O)(=O)ON(N)C(N)=O)c1. The fraction of sp³-hybridized carbons (Fsp3) is 0.300. The number of nitrogens with two attached hydrogens (primary N) is 2. The summed E-state index contributed by atoms with van der Waals surface area (Å²) in [6.07, 6.45) is 0.187. The van der Waals surface area contributed by atoms with E-state index in [0.29, 0.717) is 5.75 Å². The van der Waals surface area contributed by atoms with Crippen LogP contribution in [0.5, 0.6) is 5.75 Å². The molecule has 0 aliphatic carbocycles. The normalized spacial score (nSPS) is 11.1. The van der Waals surface area contributed by atoms with Crippen molar-refractivity contribution in [2.24, 2.45) is 11.6 Å². The van der Waals surface area contributed by atoms with Crippen LogP contribution in [0.2, 0.25) is 0 Å². The van der Waals surface area contributed by atoms with E-state index < -0.39 is 16.1 Å². The maximum Gasteiger partial charge on any atom is 0.355 e. The Hall–Kier alpha value is -1.84. The van der Waals surface area contributed by atoms with Crippen molar-refractivity contribution < 1.29 is 22.2 Å². The summed E-state index contributed by atoms with van der Waals surface area (Å²) in [6.45, 7) is 0. The average Bonchev–Trinajstić information content (AvgIpc) is 2.36. The summed E-state index contributed by atoms with van der Waals surface area (Å²) in [5, 5.41) is -0.0269. The molecular formula is C10H15N3O5S. The lowest BCUT2D eigenvalue weighted by Crippen LogP contribution is -2.43. The van der Waals surface area contributed by atoms with Gasteiger partial charge in [-0.15, -0.1) is 9.46 Å². The van der Waals surface area contributed by atoms with Crippen molar-refractivity contribution in [1.82, 2.24) is 5.17 Å². The number of hydrogen-bond donors (Lipinski definition) is 2. The smallest absolute Gasteiger partial charge is 0.355 e. The highest BCUT2D eigenvalue weighted by molar-refractivity contribution is 7.86. The van der Waals surface area contributed by atoms with Gasteiger partial charge in [0.1, 0.15) is 5.75 Å². The second-order valence-corrected chi connectivity index (χ2v) is 5.27. The standard InChI is InChI=1S/C10H15N3O5S/c1-17-9-4-2-3-8(7-9)5-6-19(15,16)18-13(12)10(11)14/h2-4,7H,5-6,12H2,1H3,(H2,11,14). The fourth-order valence-corrected chi connectivity index (χ4v) is 2.15. The van der Waals surface area contributed by atoms with Crippen LogP contribution in [0.4, 0.5) is 4.79 Å². The van der Waals surface area contributed by atoms with E-state index >= 15 is 0 Å². The molecule has 0 fully saturated rings. The summed E-state index contributed by atoms with van der Waals surface area (Å²) < 4.78 is 32.2. The number of hydroxylamine groups is 1. The van der Waals surface area contributed by atoms with Crippen LogP contribution in [0.15, 0.2) is 24.3 Å². The first-order valence-corrected chi connectivity index (χ1v) is 6.81. The van der Waals surface area contributed by atoms with Gasteiger partial charge in [-0.3, -0.25) is 0 Å². The summed E-state index contributed by atoms with van der Waals surface area (Å²) in [5.74, 6) is 5.23. The number of benzene rings is 1. The third-order valence-electron chi connectivity index (χ3n) is 2.19. The lowest BCUT2D eigenvalue weighted by molar-refractivity contribution is -0.00263. The Bertz CT molecular complexity index is 546. The minimum atomic E-state index is -3.98. The molecule has 0 aliphatic rings. The Kier molecular flexibility index (Phi) is 5.10. The number of urea groups is 1. The quantitative estimate of drug-likeness (QED) is 0.423. The molecule has 19 heavy (non-hydrogen) atoms. The Balaban J connectivity index is 2.62. The number of amides is 2.